The monoisotopic (exact) mass is 355 g/mol. The highest BCUT2D eigenvalue weighted by Gasteiger charge is 2.07. The molecule has 4 aromatic rings. The van der Waals surface area contributed by atoms with Gasteiger partial charge in [0.1, 0.15) is 5.75 Å². The van der Waals surface area contributed by atoms with Crippen LogP contribution in [0.4, 0.5) is 5.69 Å². The first kappa shape index (κ1) is 16.9. The lowest BCUT2D eigenvalue weighted by Crippen LogP contribution is -2.01. The first-order valence-corrected chi connectivity index (χ1v) is 8.96. The molecule has 1 aromatic heterocycles. The van der Waals surface area contributed by atoms with Gasteiger partial charge in [0.05, 0.1) is 18.0 Å². The summed E-state index contributed by atoms with van der Waals surface area (Å²) < 4.78 is 5.92. The molecule has 3 N–H and O–H groups in total. The highest BCUT2D eigenvalue weighted by molar-refractivity contribution is 5.69. The number of nitrogens with one attached hydrogen (secondary N) is 1. The van der Waals surface area contributed by atoms with E-state index < -0.39 is 0 Å². The summed E-state index contributed by atoms with van der Waals surface area (Å²) >= 11 is 0. The molecular weight excluding hydrogens is 334 g/mol. The quantitative estimate of drug-likeness (QED) is 0.481. The molecule has 3 aromatic carbocycles. The number of ether oxygens (including phenoxy) is 1. The van der Waals surface area contributed by atoms with Crippen molar-refractivity contribution >= 4 is 5.69 Å². The van der Waals surface area contributed by atoms with Gasteiger partial charge in [-0.25, -0.2) is 0 Å². The van der Waals surface area contributed by atoms with Gasteiger partial charge in [0.25, 0.3) is 0 Å². The van der Waals surface area contributed by atoms with E-state index in [4.69, 9.17) is 10.5 Å². The lowest BCUT2D eigenvalue weighted by Gasteiger charge is -2.07. The van der Waals surface area contributed by atoms with Gasteiger partial charge in [-0.05, 0) is 41.5 Å². The zero-order valence-electron chi connectivity index (χ0n) is 14.9. The second-order valence-electron chi connectivity index (χ2n) is 6.40. The third kappa shape index (κ3) is 4.18. The Morgan fingerprint density at radius 1 is 0.815 bits per heavy atom. The van der Waals surface area contributed by atoms with Crippen LogP contribution in [0.3, 0.4) is 0 Å². The average molecular weight is 355 g/mol. The van der Waals surface area contributed by atoms with Gasteiger partial charge in [0, 0.05) is 17.7 Å². The maximum atomic E-state index is 5.92. The first-order valence-electron chi connectivity index (χ1n) is 8.96. The van der Waals surface area contributed by atoms with E-state index in [2.05, 4.69) is 22.3 Å². The van der Waals surface area contributed by atoms with Crippen molar-refractivity contribution < 1.29 is 4.74 Å². The number of aromatic nitrogens is 2. The Morgan fingerprint density at radius 3 is 2.44 bits per heavy atom. The van der Waals surface area contributed by atoms with Crippen LogP contribution in [0.5, 0.6) is 5.75 Å². The Morgan fingerprint density at radius 2 is 1.63 bits per heavy atom. The topological polar surface area (TPSA) is 63.9 Å². The van der Waals surface area contributed by atoms with Crippen LogP contribution in [0.25, 0.3) is 22.5 Å². The number of anilines is 1. The molecular formula is C23H21N3O. The molecule has 0 saturated heterocycles. The second-order valence-corrected chi connectivity index (χ2v) is 6.40. The van der Waals surface area contributed by atoms with Gasteiger partial charge < -0.3 is 10.5 Å². The molecule has 0 aliphatic heterocycles. The van der Waals surface area contributed by atoms with Crippen LogP contribution < -0.4 is 10.5 Å². The maximum absolute atomic E-state index is 5.92. The van der Waals surface area contributed by atoms with E-state index >= 15 is 0 Å². The van der Waals surface area contributed by atoms with Gasteiger partial charge in [-0.1, -0.05) is 54.6 Å². The van der Waals surface area contributed by atoms with Gasteiger partial charge in [0.15, 0.2) is 0 Å². The molecule has 4 heteroatoms. The zero-order valence-corrected chi connectivity index (χ0v) is 14.9. The molecule has 0 aliphatic rings. The fourth-order valence-electron chi connectivity index (χ4n) is 2.96. The molecule has 0 atom stereocenters. The molecule has 1 heterocycles. The summed E-state index contributed by atoms with van der Waals surface area (Å²) in [5.41, 5.74) is 11.7. The molecule has 0 bridgehead atoms. The molecule has 0 spiro atoms. The van der Waals surface area contributed by atoms with Crippen molar-refractivity contribution in [2.45, 2.75) is 6.42 Å². The maximum Gasteiger partial charge on any atom is 0.119 e. The van der Waals surface area contributed by atoms with Crippen molar-refractivity contribution in [2.24, 2.45) is 0 Å². The van der Waals surface area contributed by atoms with E-state index in [1.165, 1.54) is 5.56 Å². The number of nitrogens with zero attached hydrogens (tertiary/aromatic N) is 1. The third-order valence-corrected chi connectivity index (χ3v) is 4.43. The van der Waals surface area contributed by atoms with Gasteiger partial charge in [-0.3, -0.25) is 5.10 Å². The number of rotatable bonds is 6. The Balaban J connectivity index is 1.45. The summed E-state index contributed by atoms with van der Waals surface area (Å²) in [6.07, 6.45) is 0.884. The Labute approximate surface area is 158 Å². The smallest absolute Gasteiger partial charge is 0.119 e. The van der Waals surface area contributed by atoms with E-state index in [9.17, 15) is 0 Å². The van der Waals surface area contributed by atoms with E-state index in [0.29, 0.717) is 6.61 Å². The third-order valence-electron chi connectivity index (χ3n) is 4.43. The van der Waals surface area contributed by atoms with E-state index in [-0.39, 0.29) is 0 Å². The first-order chi connectivity index (χ1) is 13.3. The number of hydrogen-bond donors (Lipinski definition) is 2. The van der Waals surface area contributed by atoms with Crippen LogP contribution >= 0.6 is 0 Å². The summed E-state index contributed by atoms with van der Waals surface area (Å²) in [7, 11) is 0. The molecule has 134 valence electrons. The molecule has 0 radical (unpaired) electrons. The van der Waals surface area contributed by atoms with Crippen molar-refractivity contribution in [1.82, 2.24) is 10.2 Å². The minimum Gasteiger partial charge on any atom is -0.493 e. The summed E-state index contributed by atoms with van der Waals surface area (Å²) in [5.74, 6) is 0.848. The van der Waals surface area contributed by atoms with Crippen LogP contribution in [0, 0.1) is 0 Å². The number of hydrogen-bond acceptors (Lipinski definition) is 3. The minimum atomic E-state index is 0.644. The van der Waals surface area contributed by atoms with Gasteiger partial charge in [-0.2, -0.15) is 5.10 Å². The lowest BCUT2D eigenvalue weighted by atomic mass is 10.1. The number of benzene rings is 3. The molecule has 0 fully saturated rings. The molecule has 4 rings (SSSR count). The Hall–Kier alpha value is -3.53. The zero-order chi connectivity index (χ0) is 18.5. The highest BCUT2D eigenvalue weighted by Crippen LogP contribution is 2.26. The summed E-state index contributed by atoms with van der Waals surface area (Å²) in [6.45, 7) is 0.644. The summed E-state index contributed by atoms with van der Waals surface area (Å²) in [6, 6.07) is 28.1. The van der Waals surface area contributed by atoms with Crippen LogP contribution in [-0.2, 0) is 6.42 Å². The van der Waals surface area contributed by atoms with Crippen molar-refractivity contribution in [1.29, 1.82) is 0 Å². The van der Waals surface area contributed by atoms with E-state index in [0.717, 1.165) is 40.4 Å². The van der Waals surface area contributed by atoms with Crippen LogP contribution in [0.1, 0.15) is 5.56 Å². The second kappa shape index (κ2) is 7.79. The average Bonchev–Trinajstić information content (AvgIpc) is 3.20. The molecule has 0 saturated carbocycles. The van der Waals surface area contributed by atoms with Crippen molar-refractivity contribution in [3.63, 3.8) is 0 Å². The molecule has 4 nitrogen and oxygen atoms in total. The molecule has 0 unspecified atom stereocenters. The van der Waals surface area contributed by atoms with Gasteiger partial charge >= 0.3 is 0 Å². The normalized spacial score (nSPS) is 10.7. The van der Waals surface area contributed by atoms with E-state index in [1.54, 1.807) is 0 Å². The number of nitrogens with two attached hydrogens (primary N) is 1. The van der Waals surface area contributed by atoms with Crippen molar-refractivity contribution in [2.75, 3.05) is 12.3 Å². The Bertz CT molecular complexity index is 1010. The number of H-pyrrole nitrogens is 1. The van der Waals surface area contributed by atoms with Gasteiger partial charge in [-0.15, -0.1) is 0 Å². The minimum absolute atomic E-state index is 0.644. The fraction of sp³-hybridized carbons (Fsp3) is 0.0870. The predicted molar refractivity (Wildman–Crippen MR) is 110 cm³/mol. The predicted octanol–water partition coefficient (Wildman–Crippen LogP) is 4.95. The molecule has 0 aliphatic carbocycles. The lowest BCUT2D eigenvalue weighted by molar-refractivity contribution is 0.322. The van der Waals surface area contributed by atoms with Crippen LogP contribution in [0.2, 0.25) is 0 Å². The van der Waals surface area contributed by atoms with Gasteiger partial charge in [0.2, 0.25) is 0 Å². The van der Waals surface area contributed by atoms with Crippen LogP contribution in [-0.4, -0.2) is 16.8 Å². The highest BCUT2D eigenvalue weighted by atomic mass is 16.5. The molecule has 0 amide bonds. The summed E-state index contributed by atoms with van der Waals surface area (Å²) in [4.78, 5) is 0. The van der Waals surface area contributed by atoms with Crippen molar-refractivity contribution in [3.8, 4) is 28.3 Å². The fourth-order valence-corrected chi connectivity index (χ4v) is 2.96. The molecule has 27 heavy (non-hydrogen) atoms. The summed E-state index contributed by atoms with van der Waals surface area (Å²) in [5, 5.41) is 7.53. The number of nitrogen functional groups attached to an aromatic ring is 1. The van der Waals surface area contributed by atoms with Crippen LogP contribution in [0.15, 0.2) is 84.9 Å². The SMILES string of the molecule is Nc1ccc(-c2cc(-c3cccc(OCCc4ccccc4)c3)n[nH]2)cc1. The van der Waals surface area contributed by atoms with Crippen molar-refractivity contribution in [3.05, 3.63) is 90.5 Å². The Kier molecular flexibility index (Phi) is 4.88. The van der Waals surface area contributed by atoms with E-state index in [1.807, 2.05) is 72.8 Å². The number of aromatic amines is 1. The largest absolute Gasteiger partial charge is 0.493 e. The standard InChI is InChI=1S/C23H21N3O/c24-20-11-9-18(10-12-20)22-16-23(26-25-22)19-7-4-8-21(15-19)27-14-13-17-5-2-1-3-6-17/h1-12,15-16H,13-14,24H2,(H,25,26).